The molecule has 1 fully saturated rings. The lowest BCUT2D eigenvalue weighted by atomic mass is 10.0. The van der Waals surface area contributed by atoms with Crippen LogP contribution in [-0.4, -0.2) is 68.8 Å². The predicted molar refractivity (Wildman–Crippen MR) is 111 cm³/mol. The molecule has 0 radical (unpaired) electrons. The summed E-state index contributed by atoms with van der Waals surface area (Å²) in [5.74, 6) is -0.756. The maximum absolute atomic E-state index is 12.9. The number of aryl methyl sites for hydroxylation is 2. The standard InChI is InChI=1S/C22H30N4O3/c1-4-24(15-21(27)28)20-9-11-25(12-10-20)22(29)19-7-5-18(6-8-19)14-26-17(3)13-16(2)23-26/h5-8,13,20H,4,9-12,14-15H2,1-3H3,(H,27,28). The molecule has 1 aromatic carbocycles. The van der Waals surface area contributed by atoms with Gasteiger partial charge in [-0.25, -0.2) is 0 Å². The molecule has 0 atom stereocenters. The number of likely N-dealkylation sites (N-methyl/N-ethyl adjacent to an activating group) is 1. The highest BCUT2D eigenvalue weighted by Crippen LogP contribution is 2.19. The molecular weight excluding hydrogens is 368 g/mol. The predicted octanol–water partition coefficient (Wildman–Crippen LogP) is 2.56. The molecule has 1 aliphatic heterocycles. The van der Waals surface area contributed by atoms with Crippen LogP contribution in [0, 0.1) is 13.8 Å². The summed E-state index contributed by atoms with van der Waals surface area (Å²) in [4.78, 5) is 27.7. The van der Waals surface area contributed by atoms with Gasteiger partial charge in [0.15, 0.2) is 0 Å². The van der Waals surface area contributed by atoms with Crippen LogP contribution < -0.4 is 0 Å². The van der Waals surface area contributed by atoms with E-state index >= 15 is 0 Å². The summed E-state index contributed by atoms with van der Waals surface area (Å²) in [6.45, 7) is 8.78. The fourth-order valence-corrected chi connectivity index (χ4v) is 4.05. The fourth-order valence-electron chi connectivity index (χ4n) is 4.05. The molecule has 2 heterocycles. The molecule has 1 amide bonds. The zero-order valence-corrected chi connectivity index (χ0v) is 17.5. The van der Waals surface area contributed by atoms with Gasteiger partial charge in [0.05, 0.1) is 18.8 Å². The van der Waals surface area contributed by atoms with Gasteiger partial charge in [0.25, 0.3) is 5.91 Å². The molecular formula is C22H30N4O3. The van der Waals surface area contributed by atoms with Crippen molar-refractivity contribution in [2.75, 3.05) is 26.2 Å². The topological polar surface area (TPSA) is 78.7 Å². The second-order valence-corrected chi connectivity index (χ2v) is 7.76. The number of amides is 1. The van der Waals surface area contributed by atoms with E-state index in [-0.39, 0.29) is 18.5 Å². The third-order valence-corrected chi connectivity index (χ3v) is 5.65. The monoisotopic (exact) mass is 398 g/mol. The first kappa shape index (κ1) is 21.0. The van der Waals surface area contributed by atoms with E-state index in [9.17, 15) is 9.59 Å². The molecule has 0 bridgehead atoms. The van der Waals surface area contributed by atoms with Crippen molar-refractivity contribution in [3.8, 4) is 0 Å². The van der Waals surface area contributed by atoms with Crippen molar-refractivity contribution in [1.29, 1.82) is 0 Å². The van der Waals surface area contributed by atoms with Gasteiger partial charge < -0.3 is 10.0 Å². The number of carboxylic acid groups (broad SMARTS) is 1. The number of carboxylic acids is 1. The minimum absolute atomic E-state index is 0.0439. The normalized spacial score (nSPS) is 15.1. The van der Waals surface area contributed by atoms with E-state index in [1.54, 1.807) is 0 Å². The zero-order chi connectivity index (χ0) is 21.0. The van der Waals surface area contributed by atoms with Crippen LogP contribution in [0.5, 0.6) is 0 Å². The molecule has 29 heavy (non-hydrogen) atoms. The Kier molecular flexibility index (Phi) is 6.69. The lowest BCUT2D eigenvalue weighted by Gasteiger charge is -2.37. The Morgan fingerprint density at radius 1 is 1.17 bits per heavy atom. The summed E-state index contributed by atoms with van der Waals surface area (Å²) < 4.78 is 1.97. The van der Waals surface area contributed by atoms with Crippen LogP contribution in [0.4, 0.5) is 0 Å². The largest absolute Gasteiger partial charge is 0.480 e. The number of aromatic nitrogens is 2. The number of hydrogen-bond acceptors (Lipinski definition) is 4. The molecule has 1 saturated heterocycles. The summed E-state index contributed by atoms with van der Waals surface area (Å²) in [5, 5.41) is 13.5. The molecule has 7 nitrogen and oxygen atoms in total. The lowest BCUT2D eigenvalue weighted by molar-refractivity contribution is -0.139. The van der Waals surface area contributed by atoms with Gasteiger partial charge in [0.1, 0.15) is 0 Å². The van der Waals surface area contributed by atoms with Crippen molar-refractivity contribution in [1.82, 2.24) is 19.6 Å². The third-order valence-electron chi connectivity index (χ3n) is 5.65. The number of hydrogen-bond donors (Lipinski definition) is 1. The third kappa shape index (κ3) is 5.23. The smallest absolute Gasteiger partial charge is 0.317 e. The number of carbonyl (C=O) groups excluding carboxylic acids is 1. The average Bonchev–Trinajstić information content (AvgIpc) is 3.03. The van der Waals surface area contributed by atoms with Gasteiger partial charge in [0, 0.05) is 30.4 Å². The number of aliphatic carboxylic acids is 1. The van der Waals surface area contributed by atoms with Crippen molar-refractivity contribution in [3.05, 3.63) is 52.8 Å². The average molecular weight is 399 g/mol. The number of benzene rings is 1. The van der Waals surface area contributed by atoms with Crippen LogP contribution in [0.3, 0.4) is 0 Å². The van der Waals surface area contributed by atoms with E-state index in [1.807, 2.05) is 59.5 Å². The molecule has 0 spiro atoms. The van der Waals surface area contributed by atoms with Crippen LogP contribution in [0.1, 0.15) is 47.1 Å². The van der Waals surface area contributed by atoms with E-state index in [1.165, 1.54) is 0 Å². The Balaban J connectivity index is 1.57. The van der Waals surface area contributed by atoms with Crippen molar-refractivity contribution in [3.63, 3.8) is 0 Å². The summed E-state index contributed by atoms with van der Waals surface area (Å²) in [6.07, 6.45) is 1.62. The minimum atomic E-state index is -0.800. The van der Waals surface area contributed by atoms with E-state index < -0.39 is 5.97 Å². The lowest BCUT2D eigenvalue weighted by Crippen LogP contribution is -2.48. The summed E-state index contributed by atoms with van der Waals surface area (Å²) in [7, 11) is 0. The zero-order valence-electron chi connectivity index (χ0n) is 17.5. The Hall–Kier alpha value is -2.67. The summed E-state index contributed by atoms with van der Waals surface area (Å²) in [5.41, 5.74) is 3.93. The van der Waals surface area contributed by atoms with Crippen molar-refractivity contribution in [2.24, 2.45) is 0 Å². The molecule has 1 aliphatic rings. The van der Waals surface area contributed by atoms with Gasteiger partial charge in [-0.3, -0.25) is 19.2 Å². The van der Waals surface area contributed by atoms with Gasteiger partial charge >= 0.3 is 5.97 Å². The molecule has 1 aromatic heterocycles. The molecule has 2 aromatic rings. The first-order valence-electron chi connectivity index (χ1n) is 10.2. The number of nitrogens with zero attached hydrogens (tertiary/aromatic N) is 4. The highest BCUT2D eigenvalue weighted by molar-refractivity contribution is 5.94. The van der Waals surface area contributed by atoms with Crippen LogP contribution >= 0.6 is 0 Å². The van der Waals surface area contributed by atoms with Crippen molar-refractivity contribution in [2.45, 2.75) is 46.2 Å². The highest BCUT2D eigenvalue weighted by atomic mass is 16.4. The van der Waals surface area contributed by atoms with Crippen LogP contribution in [0.2, 0.25) is 0 Å². The van der Waals surface area contributed by atoms with Crippen LogP contribution in [-0.2, 0) is 11.3 Å². The first-order chi connectivity index (χ1) is 13.9. The second kappa shape index (κ2) is 9.22. The molecule has 0 saturated carbocycles. The van der Waals surface area contributed by atoms with Gasteiger partial charge in [-0.2, -0.15) is 5.10 Å². The van der Waals surface area contributed by atoms with E-state index in [2.05, 4.69) is 11.2 Å². The maximum Gasteiger partial charge on any atom is 0.317 e. The van der Waals surface area contributed by atoms with E-state index in [0.29, 0.717) is 31.7 Å². The van der Waals surface area contributed by atoms with E-state index in [0.717, 1.165) is 29.8 Å². The van der Waals surface area contributed by atoms with Gasteiger partial charge in [-0.05, 0) is 57.0 Å². The minimum Gasteiger partial charge on any atom is -0.480 e. The van der Waals surface area contributed by atoms with Crippen molar-refractivity contribution >= 4 is 11.9 Å². The van der Waals surface area contributed by atoms with Crippen LogP contribution in [0.25, 0.3) is 0 Å². The molecule has 0 aliphatic carbocycles. The molecule has 156 valence electrons. The molecule has 0 unspecified atom stereocenters. The second-order valence-electron chi connectivity index (χ2n) is 7.76. The Morgan fingerprint density at radius 3 is 2.34 bits per heavy atom. The number of rotatable bonds is 7. The van der Waals surface area contributed by atoms with Gasteiger partial charge in [-0.15, -0.1) is 0 Å². The molecule has 1 N–H and O–H groups in total. The molecule has 3 rings (SSSR count). The SMILES string of the molecule is CCN(CC(=O)O)C1CCN(C(=O)c2ccc(Cn3nc(C)cc3C)cc2)CC1. The van der Waals surface area contributed by atoms with Crippen LogP contribution in [0.15, 0.2) is 30.3 Å². The summed E-state index contributed by atoms with van der Waals surface area (Å²) in [6, 6.07) is 10.0. The molecule has 7 heteroatoms. The Morgan fingerprint density at radius 2 is 1.83 bits per heavy atom. The number of carbonyl (C=O) groups is 2. The van der Waals surface area contributed by atoms with E-state index in [4.69, 9.17) is 5.11 Å². The fraction of sp³-hybridized carbons (Fsp3) is 0.500. The highest BCUT2D eigenvalue weighted by Gasteiger charge is 2.27. The van der Waals surface area contributed by atoms with Crippen molar-refractivity contribution < 1.29 is 14.7 Å². The van der Waals surface area contributed by atoms with Gasteiger partial charge in [-0.1, -0.05) is 19.1 Å². The maximum atomic E-state index is 12.9. The summed E-state index contributed by atoms with van der Waals surface area (Å²) >= 11 is 0. The number of likely N-dealkylation sites (tertiary alicyclic amines) is 1. The number of piperidine rings is 1. The quantitative estimate of drug-likeness (QED) is 0.776. The Bertz CT molecular complexity index is 851. The Labute approximate surface area is 171 Å². The van der Waals surface area contributed by atoms with Gasteiger partial charge in [0.2, 0.25) is 0 Å². The first-order valence-corrected chi connectivity index (χ1v) is 10.2.